The lowest BCUT2D eigenvalue weighted by atomic mass is 10.0. The lowest BCUT2D eigenvalue weighted by Crippen LogP contribution is -2.27. The van der Waals surface area contributed by atoms with Crippen LogP contribution < -0.4 is 0 Å². The molecule has 0 aromatic carbocycles. The van der Waals surface area contributed by atoms with E-state index in [-0.39, 0.29) is 0 Å². The van der Waals surface area contributed by atoms with E-state index < -0.39 is 8.60 Å². The van der Waals surface area contributed by atoms with Gasteiger partial charge in [0.2, 0.25) is 0 Å². The molecule has 0 aliphatic heterocycles. The smallest absolute Gasteiger partial charge is 0.332 e. The highest BCUT2D eigenvalue weighted by atomic mass is 31.2. The van der Waals surface area contributed by atoms with Gasteiger partial charge in [-0.2, -0.15) is 0 Å². The Balaban J connectivity index is -0.00000161. The summed E-state index contributed by atoms with van der Waals surface area (Å²) in [5.41, 5.74) is 0. The number of unbranched alkanes of at least 4 members (excludes halogenated alkanes) is 42. The Bertz CT molecular complexity index is 916. The molecule has 0 aromatic heterocycles. The van der Waals surface area contributed by atoms with Crippen molar-refractivity contribution < 1.29 is 28.2 Å². The molecule has 0 atom stereocenters. The van der Waals surface area contributed by atoms with Crippen LogP contribution in [0.2, 0.25) is 0 Å². The van der Waals surface area contributed by atoms with Crippen molar-refractivity contribution in [3.63, 3.8) is 0 Å². The predicted octanol–water partition coefficient (Wildman–Crippen LogP) is 22.8. The molecule has 0 aromatic rings. The zero-order valence-electron chi connectivity index (χ0n) is 52.5. The van der Waals surface area contributed by atoms with Crippen molar-refractivity contribution in [1.29, 1.82) is 0 Å². The minimum atomic E-state index is -1.23. The summed E-state index contributed by atoms with van der Waals surface area (Å²) < 4.78 is 24.2. The molecule has 0 heterocycles. The van der Waals surface area contributed by atoms with Gasteiger partial charge in [-0.05, 0) is 83.8 Å². The quantitative estimate of drug-likeness (QED) is 0.0369. The number of rotatable bonds is 64. The third-order valence-corrected chi connectivity index (χ3v) is 16.2. The molecule has 8 heteroatoms. The van der Waals surface area contributed by atoms with Crippen molar-refractivity contribution in [2.45, 2.75) is 375 Å². The summed E-state index contributed by atoms with van der Waals surface area (Å²) in [6.45, 7) is 19.1. The molecule has 0 saturated heterocycles. The van der Waals surface area contributed by atoms with Crippen molar-refractivity contribution in [3.05, 3.63) is 0 Å². The Kier molecular flexibility index (Phi) is 80.1. The van der Waals surface area contributed by atoms with Crippen LogP contribution in [0.15, 0.2) is 0 Å². The zero-order chi connectivity index (χ0) is 55.3. The first-order valence-electron chi connectivity index (χ1n) is 34.1. The molecule has 0 aliphatic rings. The summed E-state index contributed by atoms with van der Waals surface area (Å²) in [6, 6.07) is 0. The normalized spacial score (nSPS) is 11.5. The van der Waals surface area contributed by atoms with Crippen LogP contribution in [0.1, 0.15) is 369 Å². The van der Waals surface area contributed by atoms with Crippen LogP contribution in [-0.4, -0.2) is 75.6 Å². The fourth-order valence-corrected chi connectivity index (χ4v) is 11.0. The fraction of sp³-hybridized carbons (Fsp3) is 0.985. The van der Waals surface area contributed by atoms with Crippen LogP contribution in [0.5, 0.6) is 0 Å². The molecule has 0 rings (SSSR count). The molecular weight excluding hydrogens is 946 g/mol. The Labute approximate surface area is 474 Å². The second-order valence-corrected chi connectivity index (χ2v) is 23.5. The van der Waals surface area contributed by atoms with E-state index in [0.717, 1.165) is 84.3 Å². The highest BCUT2D eigenvalue weighted by Crippen LogP contribution is 2.40. The van der Waals surface area contributed by atoms with Crippen molar-refractivity contribution >= 4 is 14.9 Å². The van der Waals surface area contributed by atoms with E-state index in [1.807, 2.05) is 21.0 Å². The van der Waals surface area contributed by atoms with Gasteiger partial charge in [-0.15, -0.1) is 0 Å². The van der Waals surface area contributed by atoms with Gasteiger partial charge in [0.1, 0.15) is 6.29 Å². The average Bonchev–Trinajstić information content (AvgIpc) is 3.43. The largest absolute Gasteiger partial charge is 0.396 e. The van der Waals surface area contributed by atoms with Crippen LogP contribution in [-0.2, 0) is 23.1 Å². The van der Waals surface area contributed by atoms with Crippen LogP contribution in [0, 0.1) is 0 Å². The lowest BCUT2D eigenvalue weighted by Gasteiger charge is -2.22. The van der Waals surface area contributed by atoms with Gasteiger partial charge in [-0.25, -0.2) is 0 Å². The van der Waals surface area contributed by atoms with Crippen molar-refractivity contribution in [2.24, 2.45) is 0 Å². The third kappa shape index (κ3) is 71.8. The lowest BCUT2D eigenvalue weighted by molar-refractivity contribution is -0.107. The second kappa shape index (κ2) is 75.9. The SMILES string of the molecule is CC.CCCCCCCCCCCC(CCCCCCCCCCC)OC.CCCCCCCCCCCOP(OCCCCCCCCCCC)OCCCCCCCN(CCCCO)CCCCCCCC=O. The van der Waals surface area contributed by atoms with Gasteiger partial charge in [-0.1, -0.05) is 298 Å². The van der Waals surface area contributed by atoms with Gasteiger partial charge in [0, 0.05) is 20.1 Å². The number of carbonyl (C=O) groups is 1. The van der Waals surface area contributed by atoms with E-state index in [4.69, 9.17) is 18.3 Å². The molecule has 0 radical (unpaired) electrons. The molecule has 0 fully saturated rings. The van der Waals surface area contributed by atoms with Crippen molar-refractivity contribution in [3.8, 4) is 0 Å². The predicted molar refractivity (Wildman–Crippen MR) is 335 cm³/mol. The highest BCUT2D eigenvalue weighted by molar-refractivity contribution is 7.41. The van der Waals surface area contributed by atoms with E-state index in [0.29, 0.717) is 19.1 Å². The summed E-state index contributed by atoms with van der Waals surface area (Å²) in [5, 5.41) is 9.20. The molecule has 0 unspecified atom stereocenters. The first-order valence-corrected chi connectivity index (χ1v) is 35.2. The molecule has 7 nitrogen and oxygen atoms in total. The number of aldehydes is 1. The van der Waals surface area contributed by atoms with Crippen LogP contribution in [0.3, 0.4) is 0 Å². The number of methoxy groups -OCH3 is 1. The average molecular weight is 1090 g/mol. The van der Waals surface area contributed by atoms with Crippen LogP contribution >= 0.6 is 8.60 Å². The standard InChI is InChI=1S/C41H84NO5P.C24H50O.C2H6/c1-3-5-7-9-11-13-17-23-31-39-45-48(46-40-32-24-18-14-12-10-8-6-4-2)47-41-33-25-19-21-27-35-42(36-28-30-38-44)34-26-20-15-16-22-29-37-43;1-4-6-8-10-12-14-16-18-20-22-24(25-3)23-21-19-17-15-13-11-9-7-5-2;1-2/h37,44H,3-36,38-41H2,1-2H3;24H,4-23H2,1-3H3;1-2H3. The Morgan fingerprint density at radius 1 is 0.360 bits per heavy atom. The summed E-state index contributed by atoms with van der Waals surface area (Å²) in [7, 11) is 0.683. The summed E-state index contributed by atoms with van der Waals surface area (Å²) >= 11 is 0. The molecular formula is C67H140NO6P. The highest BCUT2D eigenvalue weighted by Gasteiger charge is 2.13. The first-order chi connectivity index (χ1) is 37.1. The number of ether oxygens (including phenoxy) is 1. The summed E-state index contributed by atoms with van der Waals surface area (Å²) in [4.78, 5) is 13.1. The molecule has 0 spiro atoms. The second-order valence-electron chi connectivity index (χ2n) is 22.2. The first kappa shape index (κ1) is 79.1. The summed E-state index contributed by atoms with van der Waals surface area (Å²) in [5.74, 6) is 0. The van der Waals surface area contributed by atoms with Crippen molar-refractivity contribution in [1.82, 2.24) is 4.90 Å². The maximum atomic E-state index is 10.5. The number of hydrogen-bond donors (Lipinski definition) is 1. The van der Waals surface area contributed by atoms with Gasteiger partial charge < -0.3 is 33.1 Å². The topological polar surface area (TPSA) is 77.5 Å². The number of aliphatic hydroxyl groups excluding tert-OH is 1. The van der Waals surface area contributed by atoms with E-state index in [1.54, 1.807) is 0 Å². The Hall–Kier alpha value is -0.140. The monoisotopic (exact) mass is 1090 g/mol. The van der Waals surface area contributed by atoms with E-state index in [1.165, 1.54) is 283 Å². The molecule has 0 bridgehead atoms. The van der Waals surface area contributed by atoms with Gasteiger partial charge in [0.25, 0.3) is 0 Å². The summed E-state index contributed by atoms with van der Waals surface area (Å²) in [6.07, 6.45) is 68.2. The minimum absolute atomic E-state index is 0.295. The maximum absolute atomic E-state index is 10.5. The number of hydrogen-bond acceptors (Lipinski definition) is 7. The number of carbonyl (C=O) groups excluding carboxylic acids is 1. The van der Waals surface area contributed by atoms with E-state index in [2.05, 4.69) is 32.6 Å². The maximum Gasteiger partial charge on any atom is 0.332 e. The Morgan fingerprint density at radius 3 is 0.893 bits per heavy atom. The third-order valence-electron chi connectivity index (χ3n) is 15.0. The Morgan fingerprint density at radius 2 is 0.613 bits per heavy atom. The van der Waals surface area contributed by atoms with E-state index >= 15 is 0 Å². The number of nitrogens with zero attached hydrogens (tertiary/aromatic N) is 1. The fourth-order valence-electron chi connectivity index (χ4n) is 9.94. The van der Waals surface area contributed by atoms with Crippen molar-refractivity contribution in [2.75, 3.05) is 53.2 Å². The van der Waals surface area contributed by atoms with Gasteiger partial charge in [0.05, 0.1) is 25.9 Å². The molecule has 75 heavy (non-hydrogen) atoms. The van der Waals surface area contributed by atoms with E-state index in [9.17, 15) is 9.90 Å². The molecule has 0 aliphatic carbocycles. The van der Waals surface area contributed by atoms with Gasteiger partial charge in [0.15, 0.2) is 0 Å². The van der Waals surface area contributed by atoms with Crippen LogP contribution in [0.25, 0.3) is 0 Å². The minimum Gasteiger partial charge on any atom is -0.396 e. The van der Waals surface area contributed by atoms with Gasteiger partial charge >= 0.3 is 8.60 Å². The molecule has 0 saturated carbocycles. The molecule has 454 valence electrons. The van der Waals surface area contributed by atoms with Gasteiger partial charge in [-0.3, -0.25) is 0 Å². The zero-order valence-corrected chi connectivity index (χ0v) is 53.4. The molecule has 1 N–H and O–H groups in total. The number of aliphatic hydroxyl groups is 1. The molecule has 0 amide bonds. The van der Waals surface area contributed by atoms with Crippen LogP contribution in [0.4, 0.5) is 0 Å².